The Morgan fingerprint density at radius 2 is 2.10 bits per heavy atom. The molecule has 0 aliphatic carbocycles. The van der Waals surface area contributed by atoms with Crippen LogP contribution >= 0.6 is 0 Å². The van der Waals surface area contributed by atoms with Gasteiger partial charge >= 0.3 is 0 Å². The molecule has 2 aromatic heterocycles. The Morgan fingerprint density at radius 1 is 1.24 bits per heavy atom. The summed E-state index contributed by atoms with van der Waals surface area (Å²) in [6.07, 6.45) is 3.40. The number of nitrogens with one attached hydrogen (secondary N) is 1. The van der Waals surface area contributed by atoms with Crippen molar-refractivity contribution in [2.45, 2.75) is 19.9 Å². The number of hydrogen-bond acceptors (Lipinski definition) is 5. The van der Waals surface area contributed by atoms with Gasteiger partial charge in [0.15, 0.2) is 0 Å². The minimum absolute atomic E-state index is 0.177. The summed E-state index contributed by atoms with van der Waals surface area (Å²) >= 11 is 0. The number of rotatable bonds is 4. The summed E-state index contributed by atoms with van der Waals surface area (Å²) in [5, 5.41) is 18.9. The van der Waals surface area contributed by atoms with Crippen molar-refractivity contribution >= 4 is 5.69 Å². The van der Waals surface area contributed by atoms with E-state index in [1.165, 1.54) is 0 Å². The van der Waals surface area contributed by atoms with E-state index < -0.39 is 0 Å². The lowest BCUT2D eigenvalue weighted by molar-refractivity contribution is 0.675. The largest absolute Gasteiger partial charge is 0.377 e. The van der Waals surface area contributed by atoms with E-state index >= 15 is 0 Å². The molecule has 1 atom stereocenters. The Balaban J connectivity index is 1.81. The van der Waals surface area contributed by atoms with Crippen molar-refractivity contribution in [2.24, 2.45) is 7.05 Å². The van der Waals surface area contributed by atoms with Crippen LogP contribution in [0.15, 0.2) is 36.8 Å². The molecule has 0 aliphatic heterocycles. The van der Waals surface area contributed by atoms with Gasteiger partial charge < -0.3 is 5.32 Å². The lowest BCUT2D eigenvalue weighted by atomic mass is 10.1. The van der Waals surface area contributed by atoms with Gasteiger partial charge in [-0.2, -0.15) is 5.10 Å². The van der Waals surface area contributed by atoms with Gasteiger partial charge in [0, 0.05) is 18.9 Å². The molecule has 3 rings (SSSR count). The van der Waals surface area contributed by atoms with E-state index in [9.17, 15) is 0 Å². The molecule has 7 nitrogen and oxygen atoms in total. The molecule has 3 aromatic rings. The fourth-order valence-electron chi connectivity index (χ4n) is 2.41. The Hall–Kier alpha value is -2.70. The molecule has 1 N–H and O–H groups in total. The van der Waals surface area contributed by atoms with Crippen LogP contribution in [0.1, 0.15) is 24.2 Å². The van der Waals surface area contributed by atoms with Crippen molar-refractivity contribution < 1.29 is 0 Å². The third-order valence-corrected chi connectivity index (χ3v) is 3.48. The van der Waals surface area contributed by atoms with Gasteiger partial charge in [-0.05, 0) is 54.1 Å². The number of nitrogens with zero attached hydrogens (tertiary/aromatic N) is 6. The van der Waals surface area contributed by atoms with Gasteiger partial charge in [0.2, 0.25) is 0 Å². The minimum atomic E-state index is 0.177. The standard InChI is InChI=1S/C14H17N7/c1-10-8-12(4-5-13(10)21-9-15-18-19-21)17-11(2)14-6-7-16-20(14)3/h4-9,11,17H,1-3H3. The first-order valence-corrected chi connectivity index (χ1v) is 6.73. The van der Waals surface area contributed by atoms with Crippen molar-refractivity contribution in [3.8, 4) is 5.69 Å². The van der Waals surface area contributed by atoms with Crippen LogP contribution in [0.5, 0.6) is 0 Å². The SMILES string of the molecule is Cc1cc(NC(C)c2ccnn2C)ccc1-n1cnnn1. The van der Waals surface area contributed by atoms with Gasteiger partial charge in [-0.3, -0.25) is 4.68 Å². The molecule has 1 unspecified atom stereocenters. The average Bonchev–Trinajstić information content (AvgIpc) is 3.10. The second-order valence-corrected chi connectivity index (χ2v) is 5.00. The van der Waals surface area contributed by atoms with Gasteiger partial charge in [-0.25, -0.2) is 4.68 Å². The van der Waals surface area contributed by atoms with Crippen LogP contribution in [0.3, 0.4) is 0 Å². The predicted octanol–water partition coefficient (Wildman–Crippen LogP) is 1.88. The quantitative estimate of drug-likeness (QED) is 0.791. The second-order valence-electron chi connectivity index (χ2n) is 5.00. The Labute approximate surface area is 122 Å². The Bertz CT molecular complexity index is 730. The number of aryl methyl sites for hydroxylation is 2. The molecule has 0 radical (unpaired) electrons. The third-order valence-electron chi connectivity index (χ3n) is 3.48. The zero-order valence-electron chi connectivity index (χ0n) is 12.2. The molecule has 0 saturated heterocycles. The molecule has 2 heterocycles. The number of anilines is 1. The number of benzene rings is 1. The van der Waals surface area contributed by atoms with Crippen molar-refractivity contribution in [1.82, 2.24) is 30.0 Å². The van der Waals surface area contributed by atoms with Gasteiger partial charge in [0.25, 0.3) is 0 Å². The second kappa shape index (κ2) is 5.35. The molecule has 7 heteroatoms. The normalized spacial score (nSPS) is 12.3. The molecule has 0 fully saturated rings. The van der Waals surface area contributed by atoms with Gasteiger partial charge in [-0.1, -0.05) is 0 Å². The highest BCUT2D eigenvalue weighted by atomic mass is 15.5. The van der Waals surface area contributed by atoms with Gasteiger partial charge in [0.1, 0.15) is 6.33 Å². The zero-order chi connectivity index (χ0) is 14.8. The summed E-state index contributed by atoms with van der Waals surface area (Å²) in [6, 6.07) is 8.31. The van der Waals surface area contributed by atoms with E-state index in [4.69, 9.17) is 0 Å². The highest BCUT2D eigenvalue weighted by molar-refractivity contribution is 5.54. The molecule has 0 amide bonds. The summed E-state index contributed by atoms with van der Waals surface area (Å²) in [4.78, 5) is 0. The summed E-state index contributed by atoms with van der Waals surface area (Å²) in [7, 11) is 1.94. The van der Waals surface area contributed by atoms with Crippen LogP contribution in [-0.2, 0) is 7.05 Å². The summed E-state index contributed by atoms with van der Waals surface area (Å²) in [6.45, 7) is 4.15. The van der Waals surface area contributed by atoms with Crippen molar-refractivity contribution in [2.75, 3.05) is 5.32 Å². The average molecular weight is 283 g/mol. The number of hydrogen-bond donors (Lipinski definition) is 1. The zero-order valence-corrected chi connectivity index (χ0v) is 12.2. The molecule has 21 heavy (non-hydrogen) atoms. The first kappa shape index (κ1) is 13.3. The Kier molecular flexibility index (Phi) is 3.39. The van der Waals surface area contributed by atoms with E-state index in [2.05, 4.69) is 38.9 Å². The van der Waals surface area contributed by atoms with Gasteiger partial charge in [-0.15, -0.1) is 5.10 Å². The van der Waals surface area contributed by atoms with Crippen LogP contribution in [0, 0.1) is 6.92 Å². The number of aromatic nitrogens is 6. The van der Waals surface area contributed by atoms with Crippen molar-refractivity contribution in [3.63, 3.8) is 0 Å². The van der Waals surface area contributed by atoms with Crippen LogP contribution in [0.25, 0.3) is 5.69 Å². The molecule has 0 aliphatic rings. The first-order chi connectivity index (χ1) is 10.1. The monoisotopic (exact) mass is 283 g/mol. The fourth-order valence-corrected chi connectivity index (χ4v) is 2.41. The van der Waals surface area contributed by atoms with E-state index in [1.807, 2.05) is 36.9 Å². The van der Waals surface area contributed by atoms with E-state index in [0.29, 0.717) is 0 Å². The van der Waals surface area contributed by atoms with E-state index in [0.717, 1.165) is 22.6 Å². The molecular weight excluding hydrogens is 266 g/mol. The van der Waals surface area contributed by atoms with Crippen LogP contribution in [0.2, 0.25) is 0 Å². The maximum Gasteiger partial charge on any atom is 0.143 e. The van der Waals surface area contributed by atoms with Crippen molar-refractivity contribution in [3.05, 3.63) is 48.0 Å². The molecule has 0 bridgehead atoms. The molecule has 1 aromatic carbocycles. The lowest BCUT2D eigenvalue weighted by Crippen LogP contribution is -2.11. The summed E-state index contributed by atoms with van der Waals surface area (Å²) < 4.78 is 3.53. The maximum absolute atomic E-state index is 4.20. The van der Waals surface area contributed by atoms with Crippen LogP contribution in [-0.4, -0.2) is 30.0 Å². The molecule has 0 saturated carbocycles. The van der Waals surface area contributed by atoms with E-state index in [-0.39, 0.29) is 6.04 Å². The highest BCUT2D eigenvalue weighted by Crippen LogP contribution is 2.22. The minimum Gasteiger partial charge on any atom is -0.377 e. The van der Waals surface area contributed by atoms with Gasteiger partial charge in [0.05, 0.1) is 17.4 Å². The third kappa shape index (κ3) is 2.62. The molecular formula is C14H17N7. The summed E-state index contributed by atoms with van der Waals surface area (Å²) in [5.74, 6) is 0. The molecule has 108 valence electrons. The summed E-state index contributed by atoms with van der Waals surface area (Å²) in [5.41, 5.74) is 4.26. The number of tetrazole rings is 1. The lowest BCUT2D eigenvalue weighted by Gasteiger charge is -2.16. The fraction of sp³-hybridized carbons (Fsp3) is 0.286. The molecule has 0 spiro atoms. The van der Waals surface area contributed by atoms with Crippen molar-refractivity contribution in [1.29, 1.82) is 0 Å². The first-order valence-electron chi connectivity index (χ1n) is 6.73. The predicted molar refractivity (Wildman–Crippen MR) is 79.1 cm³/mol. The van der Waals surface area contributed by atoms with Crippen LogP contribution < -0.4 is 5.32 Å². The van der Waals surface area contributed by atoms with Crippen LogP contribution in [0.4, 0.5) is 5.69 Å². The van der Waals surface area contributed by atoms with E-state index in [1.54, 1.807) is 17.2 Å². The topological polar surface area (TPSA) is 73.5 Å². The Morgan fingerprint density at radius 3 is 2.71 bits per heavy atom. The smallest absolute Gasteiger partial charge is 0.143 e. The highest BCUT2D eigenvalue weighted by Gasteiger charge is 2.10. The maximum atomic E-state index is 4.20.